The molecule has 0 aliphatic rings. The molecule has 0 bridgehead atoms. The van der Waals surface area contributed by atoms with Gasteiger partial charge in [-0.05, 0) is 5.56 Å². The van der Waals surface area contributed by atoms with Crippen LogP contribution in [0.3, 0.4) is 0 Å². The first-order valence-corrected chi connectivity index (χ1v) is 5.64. The second-order valence-corrected chi connectivity index (χ2v) is 3.83. The second kappa shape index (κ2) is 5.92. The van der Waals surface area contributed by atoms with Crippen molar-refractivity contribution in [2.75, 3.05) is 6.54 Å². The van der Waals surface area contributed by atoms with Crippen LogP contribution in [-0.2, 0) is 13.1 Å². The maximum atomic E-state index is 10.6. The molecular weight excluding hydrogens is 232 g/mol. The predicted molar refractivity (Wildman–Crippen MR) is 65.1 cm³/mol. The highest BCUT2D eigenvalue weighted by molar-refractivity contribution is 5.84. The van der Waals surface area contributed by atoms with E-state index < -0.39 is 5.97 Å². The molecule has 94 valence electrons. The third-order valence-corrected chi connectivity index (χ3v) is 2.45. The average molecular weight is 246 g/mol. The lowest BCUT2D eigenvalue weighted by atomic mass is 10.2. The Hall–Kier alpha value is -2.21. The van der Waals surface area contributed by atoms with Crippen LogP contribution >= 0.6 is 0 Å². The molecule has 0 unspecified atom stereocenters. The number of carboxylic acid groups (broad SMARTS) is 1. The molecule has 0 amide bonds. The summed E-state index contributed by atoms with van der Waals surface area (Å²) in [5.41, 5.74) is 1.18. The molecule has 1 aromatic heterocycles. The quantitative estimate of drug-likeness (QED) is 0.736. The topological polar surface area (TPSA) is 80.0 Å². The number of aromatic nitrogens is 3. The van der Waals surface area contributed by atoms with E-state index in [9.17, 15) is 4.79 Å². The van der Waals surface area contributed by atoms with E-state index in [1.807, 2.05) is 30.3 Å². The Morgan fingerprint density at radius 2 is 2.11 bits per heavy atom. The van der Waals surface area contributed by atoms with Crippen LogP contribution < -0.4 is 5.32 Å². The third-order valence-electron chi connectivity index (χ3n) is 2.45. The first kappa shape index (κ1) is 12.3. The number of benzene rings is 1. The monoisotopic (exact) mass is 246 g/mol. The fourth-order valence-electron chi connectivity index (χ4n) is 1.53. The van der Waals surface area contributed by atoms with Crippen molar-refractivity contribution in [2.24, 2.45) is 0 Å². The van der Waals surface area contributed by atoms with Gasteiger partial charge in [0.2, 0.25) is 0 Å². The highest BCUT2D eigenvalue weighted by atomic mass is 16.4. The van der Waals surface area contributed by atoms with E-state index in [4.69, 9.17) is 5.11 Å². The van der Waals surface area contributed by atoms with Gasteiger partial charge in [0, 0.05) is 13.1 Å². The lowest BCUT2D eigenvalue weighted by Gasteiger charge is -2.04. The van der Waals surface area contributed by atoms with Gasteiger partial charge in [0.05, 0.1) is 12.7 Å². The van der Waals surface area contributed by atoms with Gasteiger partial charge in [-0.15, -0.1) is 5.10 Å². The van der Waals surface area contributed by atoms with Gasteiger partial charge in [0.25, 0.3) is 0 Å². The number of carbonyl (C=O) groups is 1. The van der Waals surface area contributed by atoms with Crippen LogP contribution in [0, 0.1) is 0 Å². The van der Waals surface area contributed by atoms with Crippen LogP contribution in [0.25, 0.3) is 0 Å². The standard InChI is InChI=1S/C12H14N4O2/c17-12(18)11-9-16(15-14-11)7-6-13-8-10-4-2-1-3-5-10/h1-5,9,13H,6-8H2,(H,17,18). The molecule has 0 radical (unpaired) electrons. The normalized spacial score (nSPS) is 10.4. The van der Waals surface area contributed by atoms with E-state index in [0.29, 0.717) is 13.1 Å². The van der Waals surface area contributed by atoms with Crippen molar-refractivity contribution in [2.45, 2.75) is 13.1 Å². The number of hydrogen-bond donors (Lipinski definition) is 2. The minimum atomic E-state index is -1.06. The Morgan fingerprint density at radius 3 is 2.78 bits per heavy atom. The fraction of sp³-hybridized carbons (Fsp3) is 0.250. The Kier molecular flexibility index (Phi) is 4.03. The Labute approximate surface area is 104 Å². The van der Waals surface area contributed by atoms with Crippen LogP contribution in [0.5, 0.6) is 0 Å². The van der Waals surface area contributed by atoms with Gasteiger partial charge in [-0.3, -0.25) is 4.68 Å². The summed E-state index contributed by atoms with van der Waals surface area (Å²) in [6.45, 7) is 2.08. The zero-order chi connectivity index (χ0) is 12.8. The largest absolute Gasteiger partial charge is 0.476 e. The van der Waals surface area contributed by atoms with Gasteiger partial charge in [0.1, 0.15) is 0 Å². The maximum absolute atomic E-state index is 10.6. The summed E-state index contributed by atoms with van der Waals surface area (Å²) < 4.78 is 1.52. The maximum Gasteiger partial charge on any atom is 0.358 e. The van der Waals surface area contributed by atoms with Crippen LogP contribution in [-0.4, -0.2) is 32.6 Å². The van der Waals surface area contributed by atoms with Crippen LogP contribution in [0.1, 0.15) is 16.1 Å². The smallest absolute Gasteiger partial charge is 0.358 e. The molecule has 0 saturated carbocycles. The number of hydrogen-bond acceptors (Lipinski definition) is 4. The number of nitrogens with zero attached hydrogens (tertiary/aromatic N) is 3. The molecule has 6 heteroatoms. The van der Waals surface area contributed by atoms with Crippen molar-refractivity contribution in [1.82, 2.24) is 20.3 Å². The van der Waals surface area contributed by atoms with Crippen molar-refractivity contribution in [3.63, 3.8) is 0 Å². The fourth-order valence-corrected chi connectivity index (χ4v) is 1.53. The number of rotatable bonds is 6. The van der Waals surface area contributed by atoms with Crippen molar-refractivity contribution < 1.29 is 9.90 Å². The minimum Gasteiger partial charge on any atom is -0.476 e. The Bertz CT molecular complexity index is 510. The molecule has 0 aliphatic carbocycles. The minimum absolute atomic E-state index is 0.0296. The molecule has 6 nitrogen and oxygen atoms in total. The summed E-state index contributed by atoms with van der Waals surface area (Å²) in [6.07, 6.45) is 1.42. The van der Waals surface area contributed by atoms with Gasteiger partial charge >= 0.3 is 5.97 Å². The zero-order valence-corrected chi connectivity index (χ0v) is 9.78. The highest BCUT2D eigenvalue weighted by Gasteiger charge is 2.07. The molecule has 0 fully saturated rings. The van der Waals surface area contributed by atoms with Crippen LogP contribution in [0.2, 0.25) is 0 Å². The van der Waals surface area contributed by atoms with Gasteiger partial charge in [-0.25, -0.2) is 4.79 Å². The predicted octanol–water partition coefficient (Wildman–Crippen LogP) is 0.766. The zero-order valence-electron chi connectivity index (χ0n) is 9.78. The average Bonchev–Trinajstić information content (AvgIpc) is 2.85. The molecule has 2 N–H and O–H groups in total. The molecule has 1 heterocycles. The summed E-state index contributed by atoms with van der Waals surface area (Å²) in [7, 11) is 0. The van der Waals surface area contributed by atoms with Crippen molar-refractivity contribution >= 4 is 5.97 Å². The van der Waals surface area contributed by atoms with Gasteiger partial charge in [0.15, 0.2) is 5.69 Å². The van der Waals surface area contributed by atoms with Crippen molar-refractivity contribution in [3.8, 4) is 0 Å². The summed E-state index contributed by atoms with van der Waals surface area (Å²) in [6, 6.07) is 10.1. The first-order chi connectivity index (χ1) is 8.75. The molecule has 18 heavy (non-hydrogen) atoms. The van der Waals surface area contributed by atoms with E-state index in [0.717, 1.165) is 6.54 Å². The van der Waals surface area contributed by atoms with Crippen molar-refractivity contribution in [1.29, 1.82) is 0 Å². The molecule has 2 aromatic rings. The second-order valence-electron chi connectivity index (χ2n) is 3.83. The van der Waals surface area contributed by atoms with E-state index in [1.165, 1.54) is 16.4 Å². The van der Waals surface area contributed by atoms with Crippen LogP contribution in [0.15, 0.2) is 36.5 Å². The highest BCUT2D eigenvalue weighted by Crippen LogP contribution is 1.97. The third kappa shape index (κ3) is 3.39. The van der Waals surface area contributed by atoms with Gasteiger partial charge in [-0.2, -0.15) is 0 Å². The van der Waals surface area contributed by atoms with Gasteiger partial charge < -0.3 is 10.4 Å². The summed E-state index contributed by atoms with van der Waals surface area (Å²) in [5, 5.41) is 19.2. The summed E-state index contributed by atoms with van der Waals surface area (Å²) in [4.78, 5) is 10.6. The number of aromatic carboxylic acids is 1. The number of nitrogens with one attached hydrogen (secondary N) is 1. The Morgan fingerprint density at radius 1 is 1.33 bits per heavy atom. The first-order valence-electron chi connectivity index (χ1n) is 5.64. The molecule has 0 spiro atoms. The molecule has 1 aromatic carbocycles. The lowest BCUT2D eigenvalue weighted by molar-refractivity contribution is 0.0690. The molecule has 0 saturated heterocycles. The Balaban J connectivity index is 1.73. The number of carboxylic acids is 1. The molecular formula is C12H14N4O2. The molecule has 0 aliphatic heterocycles. The van der Waals surface area contributed by atoms with E-state index in [1.54, 1.807) is 0 Å². The molecule has 0 atom stereocenters. The molecule has 2 rings (SSSR count). The van der Waals surface area contributed by atoms with Crippen molar-refractivity contribution in [3.05, 3.63) is 47.8 Å². The lowest BCUT2D eigenvalue weighted by Crippen LogP contribution is -2.19. The van der Waals surface area contributed by atoms with E-state index in [2.05, 4.69) is 15.6 Å². The van der Waals surface area contributed by atoms with Gasteiger partial charge in [-0.1, -0.05) is 35.5 Å². The summed E-state index contributed by atoms with van der Waals surface area (Å²) in [5.74, 6) is -1.06. The van der Waals surface area contributed by atoms with E-state index in [-0.39, 0.29) is 5.69 Å². The van der Waals surface area contributed by atoms with Crippen LogP contribution in [0.4, 0.5) is 0 Å². The van der Waals surface area contributed by atoms with E-state index >= 15 is 0 Å². The SMILES string of the molecule is O=C(O)c1cn(CCNCc2ccccc2)nn1. The summed E-state index contributed by atoms with van der Waals surface area (Å²) >= 11 is 0.